The van der Waals surface area contributed by atoms with Crippen LogP contribution in [0.15, 0.2) is 29.1 Å². The molecule has 96 valence electrons. The molecule has 0 saturated carbocycles. The van der Waals surface area contributed by atoms with Crippen molar-refractivity contribution in [1.82, 2.24) is 14.8 Å². The molecule has 4 nitrogen and oxygen atoms in total. The molecule has 1 heterocycles. The highest BCUT2D eigenvalue weighted by Crippen LogP contribution is 2.17. The van der Waals surface area contributed by atoms with Crippen molar-refractivity contribution in [3.63, 3.8) is 0 Å². The van der Waals surface area contributed by atoms with E-state index in [2.05, 4.69) is 23.9 Å². The quantitative estimate of drug-likeness (QED) is 0.924. The molecule has 0 aliphatic heterocycles. The number of halogens is 1. The van der Waals surface area contributed by atoms with Gasteiger partial charge in [0.1, 0.15) is 5.82 Å². The van der Waals surface area contributed by atoms with E-state index in [0.717, 1.165) is 12.8 Å². The van der Waals surface area contributed by atoms with Crippen LogP contribution in [0.4, 0.5) is 0 Å². The lowest BCUT2D eigenvalue weighted by Crippen LogP contribution is -2.16. The third-order valence-corrected chi connectivity index (χ3v) is 3.02. The van der Waals surface area contributed by atoms with Crippen LogP contribution in [0.1, 0.15) is 26.1 Å². The Kier molecular flexibility index (Phi) is 3.87. The molecular formula is C13H16ClN3O. The van der Waals surface area contributed by atoms with Gasteiger partial charge in [-0.15, -0.1) is 0 Å². The van der Waals surface area contributed by atoms with Crippen molar-refractivity contribution in [2.45, 2.75) is 26.7 Å². The number of aromatic amines is 1. The van der Waals surface area contributed by atoms with E-state index in [1.165, 1.54) is 4.68 Å². The largest absolute Gasteiger partial charge is 0.348 e. The second kappa shape index (κ2) is 5.40. The molecule has 0 fully saturated rings. The third kappa shape index (κ3) is 2.82. The number of para-hydroxylation sites is 1. The number of hydrogen-bond acceptors (Lipinski definition) is 2. The number of H-pyrrole nitrogens is 1. The SMILES string of the molecule is CC(C)CCc1nn(-c2ccccc2Cl)c(=O)[nH]1. The van der Waals surface area contributed by atoms with Crippen LogP contribution in [0.25, 0.3) is 5.69 Å². The average Bonchev–Trinajstić information content (AvgIpc) is 2.69. The first-order valence-electron chi connectivity index (χ1n) is 6.01. The summed E-state index contributed by atoms with van der Waals surface area (Å²) in [5, 5.41) is 4.79. The van der Waals surface area contributed by atoms with Gasteiger partial charge in [-0.2, -0.15) is 9.78 Å². The summed E-state index contributed by atoms with van der Waals surface area (Å²) < 4.78 is 1.32. The summed E-state index contributed by atoms with van der Waals surface area (Å²) in [7, 11) is 0. The number of benzene rings is 1. The predicted octanol–water partition coefficient (Wildman–Crippen LogP) is 2.80. The molecule has 0 saturated heterocycles. The van der Waals surface area contributed by atoms with Crippen molar-refractivity contribution in [3.8, 4) is 5.69 Å². The van der Waals surface area contributed by atoms with Gasteiger partial charge < -0.3 is 0 Å². The van der Waals surface area contributed by atoms with E-state index >= 15 is 0 Å². The Bertz CT molecular complexity index is 586. The van der Waals surface area contributed by atoms with Gasteiger partial charge in [0, 0.05) is 6.42 Å². The van der Waals surface area contributed by atoms with Crippen molar-refractivity contribution >= 4 is 11.6 Å². The molecule has 1 aromatic carbocycles. The summed E-state index contributed by atoms with van der Waals surface area (Å²) in [6.07, 6.45) is 1.76. The van der Waals surface area contributed by atoms with Gasteiger partial charge in [-0.25, -0.2) is 4.79 Å². The summed E-state index contributed by atoms with van der Waals surface area (Å²) in [5.74, 6) is 1.28. The van der Waals surface area contributed by atoms with Gasteiger partial charge in [0.05, 0.1) is 10.7 Å². The Hall–Kier alpha value is -1.55. The van der Waals surface area contributed by atoms with Crippen molar-refractivity contribution in [2.75, 3.05) is 0 Å². The van der Waals surface area contributed by atoms with Gasteiger partial charge in [0.2, 0.25) is 0 Å². The van der Waals surface area contributed by atoms with E-state index < -0.39 is 0 Å². The zero-order valence-corrected chi connectivity index (χ0v) is 11.2. The highest BCUT2D eigenvalue weighted by Gasteiger charge is 2.10. The molecule has 0 unspecified atom stereocenters. The Balaban J connectivity index is 2.30. The van der Waals surface area contributed by atoms with Crippen LogP contribution in [-0.2, 0) is 6.42 Å². The Morgan fingerprint density at radius 2 is 2.11 bits per heavy atom. The molecule has 18 heavy (non-hydrogen) atoms. The normalized spacial score (nSPS) is 11.1. The van der Waals surface area contributed by atoms with E-state index in [9.17, 15) is 4.79 Å². The van der Waals surface area contributed by atoms with Gasteiger partial charge >= 0.3 is 5.69 Å². The molecule has 0 aliphatic rings. The van der Waals surface area contributed by atoms with Crippen molar-refractivity contribution in [1.29, 1.82) is 0 Å². The molecular weight excluding hydrogens is 250 g/mol. The fourth-order valence-corrected chi connectivity index (χ4v) is 1.91. The first-order chi connectivity index (χ1) is 8.58. The zero-order valence-electron chi connectivity index (χ0n) is 10.5. The fourth-order valence-electron chi connectivity index (χ4n) is 1.69. The number of aryl methyl sites for hydroxylation is 1. The molecule has 0 radical (unpaired) electrons. The smallest absolute Gasteiger partial charge is 0.292 e. The average molecular weight is 266 g/mol. The van der Waals surface area contributed by atoms with Crippen LogP contribution < -0.4 is 5.69 Å². The van der Waals surface area contributed by atoms with Gasteiger partial charge in [0.15, 0.2) is 0 Å². The summed E-state index contributed by atoms with van der Waals surface area (Å²) in [6.45, 7) is 4.28. The molecule has 0 aliphatic carbocycles. The molecule has 2 aromatic rings. The Morgan fingerprint density at radius 3 is 2.78 bits per heavy atom. The first-order valence-corrected chi connectivity index (χ1v) is 6.39. The fraction of sp³-hybridized carbons (Fsp3) is 0.385. The first kappa shape index (κ1) is 12.9. The molecule has 1 N–H and O–H groups in total. The molecule has 0 spiro atoms. The van der Waals surface area contributed by atoms with Crippen LogP contribution in [-0.4, -0.2) is 14.8 Å². The predicted molar refractivity (Wildman–Crippen MR) is 72.4 cm³/mol. The minimum absolute atomic E-state index is 0.248. The van der Waals surface area contributed by atoms with E-state index in [1.807, 2.05) is 12.1 Å². The lowest BCUT2D eigenvalue weighted by atomic mass is 10.1. The minimum Gasteiger partial charge on any atom is -0.292 e. The minimum atomic E-state index is -0.248. The van der Waals surface area contributed by atoms with Crippen LogP contribution in [0.2, 0.25) is 5.02 Å². The zero-order chi connectivity index (χ0) is 13.1. The molecule has 0 amide bonds. The Labute approximate surface area is 111 Å². The van der Waals surface area contributed by atoms with Crippen LogP contribution in [0.3, 0.4) is 0 Å². The van der Waals surface area contributed by atoms with E-state index in [0.29, 0.717) is 22.5 Å². The summed E-state index contributed by atoms with van der Waals surface area (Å²) in [5.41, 5.74) is 0.359. The lowest BCUT2D eigenvalue weighted by Gasteiger charge is -2.02. The second-order valence-corrected chi connectivity index (χ2v) is 5.08. The highest BCUT2D eigenvalue weighted by molar-refractivity contribution is 6.32. The maximum absolute atomic E-state index is 11.8. The van der Waals surface area contributed by atoms with Gasteiger partial charge in [-0.05, 0) is 24.5 Å². The number of nitrogens with one attached hydrogen (secondary N) is 1. The maximum Gasteiger partial charge on any atom is 0.348 e. The standard InChI is InChI=1S/C13H16ClN3O/c1-9(2)7-8-12-15-13(18)17(16-12)11-6-4-3-5-10(11)14/h3-6,9H,7-8H2,1-2H3,(H,15,16,18). The number of rotatable bonds is 4. The van der Waals surface area contributed by atoms with Crippen molar-refractivity contribution in [2.24, 2.45) is 5.92 Å². The molecule has 5 heteroatoms. The molecule has 1 aromatic heterocycles. The topological polar surface area (TPSA) is 50.7 Å². The summed E-state index contributed by atoms with van der Waals surface area (Å²) >= 11 is 6.05. The monoisotopic (exact) mass is 265 g/mol. The van der Waals surface area contributed by atoms with E-state index in [4.69, 9.17) is 11.6 Å². The molecule has 0 bridgehead atoms. The number of hydrogen-bond donors (Lipinski definition) is 1. The maximum atomic E-state index is 11.8. The highest BCUT2D eigenvalue weighted by atomic mass is 35.5. The van der Waals surface area contributed by atoms with Gasteiger partial charge in [-0.3, -0.25) is 4.98 Å². The van der Waals surface area contributed by atoms with Crippen LogP contribution >= 0.6 is 11.6 Å². The molecule has 0 atom stereocenters. The van der Waals surface area contributed by atoms with Gasteiger partial charge in [0.25, 0.3) is 0 Å². The Morgan fingerprint density at radius 1 is 1.39 bits per heavy atom. The van der Waals surface area contributed by atoms with Crippen LogP contribution in [0, 0.1) is 5.92 Å². The van der Waals surface area contributed by atoms with Gasteiger partial charge in [-0.1, -0.05) is 37.6 Å². The lowest BCUT2D eigenvalue weighted by molar-refractivity contribution is 0.574. The second-order valence-electron chi connectivity index (χ2n) is 4.67. The van der Waals surface area contributed by atoms with Crippen LogP contribution in [0.5, 0.6) is 0 Å². The third-order valence-electron chi connectivity index (χ3n) is 2.70. The van der Waals surface area contributed by atoms with E-state index in [1.54, 1.807) is 12.1 Å². The van der Waals surface area contributed by atoms with Crippen molar-refractivity contribution < 1.29 is 0 Å². The van der Waals surface area contributed by atoms with E-state index in [-0.39, 0.29) is 5.69 Å². The summed E-state index contributed by atoms with van der Waals surface area (Å²) in [4.78, 5) is 14.6. The van der Waals surface area contributed by atoms with Crippen molar-refractivity contribution in [3.05, 3.63) is 45.6 Å². The summed E-state index contributed by atoms with van der Waals surface area (Å²) in [6, 6.07) is 7.17. The molecule has 2 rings (SSSR count). The number of aromatic nitrogens is 3. The number of nitrogens with zero attached hydrogens (tertiary/aromatic N) is 2.